The second-order valence-corrected chi connectivity index (χ2v) is 8.51. The smallest absolute Gasteiger partial charge is 0.325 e. The largest absolute Gasteiger partial charge is 0.490 e. The van der Waals surface area contributed by atoms with Crippen LogP contribution >= 0.6 is 0 Å². The molecule has 3 aliphatic heterocycles. The number of nitrogens with one attached hydrogen (secondary N) is 2. The minimum Gasteiger partial charge on any atom is -0.490 e. The second kappa shape index (κ2) is 8.49. The monoisotopic (exact) mass is 481 g/mol. The van der Waals surface area contributed by atoms with Gasteiger partial charge in [0.25, 0.3) is 5.91 Å². The molecular weight excluding hydrogens is 458 g/mol. The molecule has 0 saturated carbocycles. The number of rotatable bonds is 5. The van der Waals surface area contributed by atoms with Crippen molar-refractivity contribution in [2.24, 2.45) is 0 Å². The van der Waals surface area contributed by atoms with E-state index in [-0.39, 0.29) is 23.8 Å². The fraction of sp³-hybridized carbons (Fsp3) is 0.333. The molecule has 0 aromatic heterocycles. The van der Waals surface area contributed by atoms with Crippen LogP contribution in [-0.2, 0) is 15.1 Å². The molecular formula is C24H23N3O8. The van der Waals surface area contributed by atoms with E-state index in [4.69, 9.17) is 18.9 Å². The second-order valence-electron chi connectivity index (χ2n) is 8.51. The Labute approximate surface area is 200 Å². The minimum absolute atomic E-state index is 0.00493. The molecule has 3 heterocycles. The number of urea groups is 1. The molecule has 182 valence electrons. The van der Waals surface area contributed by atoms with E-state index in [0.29, 0.717) is 41.8 Å². The van der Waals surface area contributed by atoms with Crippen LogP contribution < -0.4 is 29.6 Å². The normalized spacial score (nSPS) is 20.3. The number of anilines is 1. The lowest BCUT2D eigenvalue weighted by Gasteiger charge is -2.23. The number of Topliss-reactive ketones (excluding diaryl/α,β-unsaturated/α-hetero) is 1. The van der Waals surface area contributed by atoms with Crippen molar-refractivity contribution in [3.05, 3.63) is 41.5 Å². The van der Waals surface area contributed by atoms with Gasteiger partial charge in [0.05, 0.1) is 18.9 Å². The van der Waals surface area contributed by atoms with Crippen molar-refractivity contribution in [3.8, 4) is 23.0 Å². The molecule has 0 bridgehead atoms. The zero-order valence-corrected chi connectivity index (χ0v) is 19.1. The van der Waals surface area contributed by atoms with E-state index >= 15 is 0 Å². The van der Waals surface area contributed by atoms with Gasteiger partial charge in [-0.25, -0.2) is 4.79 Å². The molecule has 0 radical (unpaired) electrons. The highest BCUT2D eigenvalue weighted by Gasteiger charge is 2.49. The first-order chi connectivity index (χ1) is 16.8. The van der Waals surface area contributed by atoms with Crippen molar-refractivity contribution >= 4 is 29.3 Å². The molecule has 2 aromatic carbocycles. The third kappa shape index (κ3) is 3.98. The first kappa shape index (κ1) is 22.5. The Bertz CT molecular complexity index is 1260. The van der Waals surface area contributed by atoms with Crippen LogP contribution in [-0.4, -0.2) is 55.1 Å². The molecule has 1 fully saturated rings. The molecule has 11 nitrogen and oxygen atoms in total. The maximum absolute atomic E-state index is 13.3. The van der Waals surface area contributed by atoms with Gasteiger partial charge in [0.2, 0.25) is 12.7 Å². The van der Waals surface area contributed by atoms with E-state index in [2.05, 4.69) is 10.6 Å². The first-order valence-corrected chi connectivity index (χ1v) is 11.0. The average molecular weight is 481 g/mol. The third-order valence-electron chi connectivity index (χ3n) is 6.07. The summed E-state index contributed by atoms with van der Waals surface area (Å²) in [5, 5.41) is 5.27. The Balaban J connectivity index is 1.34. The Morgan fingerprint density at radius 1 is 1.00 bits per heavy atom. The summed E-state index contributed by atoms with van der Waals surface area (Å²) in [5.74, 6) is 0.278. The highest BCUT2D eigenvalue weighted by atomic mass is 16.7. The fourth-order valence-corrected chi connectivity index (χ4v) is 4.18. The quantitative estimate of drug-likeness (QED) is 0.491. The van der Waals surface area contributed by atoms with Crippen LogP contribution in [0.2, 0.25) is 0 Å². The van der Waals surface area contributed by atoms with E-state index in [0.717, 1.165) is 11.3 Å². The van der Waals surface area contributed by atoms with Crippen molar-refractivity contribution in [3.63, 3.8) is 0 Å². The van der Waals surface area contributed by atoms with Crippen LogP contribution in [0.4, 0.5) is 10.5 Å². The van der Waals surface area contributed by atoms with Crippen molar-refractivity contribution in [2.75, 3.05) is 31.9 Å². The van der Waals surface area contributed by atoms with Crippen LogP contribution in [0.5, 0.6) is 23.0 Å². The summed E-state index contributed by atoms with van der Waals surface area (Å²) in [7, 11) is 0. The third-order valence-corrected chi connectivity index (χ3v) is 6.07. The standard InChI is InChI=1S/C24H23N3O8/c1-13(28)15-9-19-20(35-12-34-19)10-16(15)25-21(29)11-27-22(30)24(2,26-23(27)31)14-4-5-17-18(8-14)33-7-3-6-32-17/h4-5,8-10H,3,6-7,11-12H2,1-2H3,(H,25,29)(H,26,31). The summed E-state index contributed by atoms with van der Waals surface area (Å²) < 4.78 is 21.9. The molecule has 3 aliphatic rings. The predicted molar refractivity (Wildman–Crippen MR) is 121 cm³/mol. The lowest BCUT2D eigenvalue weighted by molar-refractivity contribution is -0.133. The summed E-state index contributed by atoms with van der Waals surface area (Å²) in [6.07, 6.45) is 0.731. The van der Waals surface area contributed by atoms with Gasteiger partial charge in [-0.3, -0.25) is 19.3 Å². The lowest BCUT2D eigenvalue weighted by atomic mass is 9.91. The zero-order valence-electron chi connectivity index (χ0n) is 19.1. The van der Waals surface area contributed by atoms with Crippen molar-refractivity contribution in [1.29, 1.82) is 0 Å². The highest BCUT2D eigenvalue weighted by Crippen LogP contribution is 2.38. The number of ether oxygens (including phenoxy) is 4. The number of benzene rings is 2. The number of amides is 4. The molecule has 1 unspecified atom stereocenters. The number of fused-ring (bicyclic) bond motifs is 2. The molecule has 35 heavy (non-hydrogen) atoms. The maximum atomic E-state index is 13.3. The summed E-state index contributed by atoms with van der Waals surface area (Å²) in [6, 6.07) is 7.28. The van der Waals surface area contributed by atoms with Gasteiger partial charge in [0, 0.05) is 18.1 Å². The topological polar surface area (TPSA) is 133 Å². The molecule has 0 aliphatic carbocycles. The van der Waals surface area contributed by atoms with Crippen LogP contribution in [0.1, 0.15) is 36.2 Å². The van der Waals surface area contributed by atoms with Crippen molar-refractivity contribution in [2.45, 2.75) is 25.8 Å². The van der Waals surface area contributed by atoms with E-state index in [1.807, 2.05) is 0 Å². The first-order valence-electron chi connectivity index (χ1n) is 11.0. The number of carbonyl (C=O) groups is 4. The Morgan fingerprint density at radius 3 is 2.43 bits per heavy atom. The van der Waals surface area contributed by atoms with Gasteiger partial charge < -0.3 is 29.6 Å². The molecule has 2 N–H and O–H groups in total. The van der Waals surface area contributed by atoms with Crippen LogP contribution in [0.25, 0.3) is 0 Å². The van der Waals surface area contributed by atoms with Gasteiger partial charge in [-0.2, -0.15) is 0 Å². The summed E-state index contributed by atoms with van der Waals surface area (Å²) in [6.45, 7) is 3.38. The number of hydrogen-bond donors (Lipinski definition) is 2. The van der Waals surface area contributed by atoms with E-state index in [9.17, 15) is 19.2 Å². The number of hydrogen-bond acceptors (Lipinski definition) is 8. The van der Waals surface area contributed by atoms with Crippen molar-refractivity contribution in [1.82, 2.24) is 10.2 Å². The fourth-order valence-electron chi connectivity index (χ4n) is 4.18. The van der Waals surface area contributed by atoms with E-state index < -0.39 is 29.9 Å². The van der Waals surface area contributed by atoms with Gasteiger partial charge >= 0.3 is 6.03 Å². The Hall–Kier alpha value is -4.28. The highest BCUT2D eigenvalue weighted by molar-refractivity contribution is 6.11. The number of ketones is 1. The zero-order chi connectivity index (χ0) is 24.7. The minimum atomic E-state index is -1.40. The number of imide groups is 1. The maximum Gasteiger partial charge on any atom is 0.325 e. The number of carbonyl (C=O) groups excluding carboxylic acids is 4. The van der Waals surface area contributed by atoms with Crippen LogP contribution in [0, 0.1) is 0 Å². The van der Waals surface area contributed by atoms with Crippen molar-refractivity contribution < 1.29 is 38.1 Å². The molecule has 2 aromatic rings. The summed E-state index contributed by atoms with van der Waals surface area (Å²) in [4.78, 5) is 51.7. The molecule has 1 saturated heterocycles. The molecule has 1 atom stereocenters. The van der Waals surface area contributed by atoms with Gasteiger partial charge in [-0.1, -0.05) is 6.07 Å². The lowest BCUT2D eigenvalue weighted by Crippen LogP contribution is -2.42. The van der Waals surface area contributed by atoms with Gasteiger partial charge in [-0.15, -0.1) is 0 Å². The molecule has 5 rings (SSSR count). The molecule has 4 amide bonds. The molecule has 11 heteroatoms. The summed E-state index contributed by atoms with van der Waals surface area (Å²) in [5.41, 5.74) is -0.482. The van der Waals surface area contributed by atoms with E-state index in [1.54, 1.807) is 25.1 Å². The summed E-state index contributed by atoms with van der Waals surface area (Å²) >= 11 is 0. The average Bonchev–Trinajstić information content (AvgIpc) is 3.25. The van der Waals surface area contributed by atoms with Crippen LogP contribution in [0.3, 0.4) is 0 Å². The Morgan fingerprint density at radius 2 is 1.69 bits per heavy atom. The van der Waals surface area contributed by atoms with E-state index in [1.165, 1.54) is 19.1 Å². The predicted octanol–water partition coefficient (Wildman–Crippen LogP) is 2.18. The molecule has 0 spiro atoms. The van der Waals surface area contributed by atoms with Gasteiger partial charge in [-0.05, 0) is 37.6 Å². The Kier molecular flexibility index (Phi) is 5.46. The van der Waals surface area contributed by atoms with Gasteiger partial charge in [0.15, 0.2) is 28.8 Å². The number of nitrogens with zero attached hydrogens (tertiary/aromatic N) is 1. The SMILES string of the molecule is CC(=O)c1cc2c(cc1NC(=O)CN1C(=O)NC(C)(c3ccc4c(c3)OCCCO4)C1=O)OCO2. The van der Waals surface area contributed by atoms with Gasteiger partial charge in [0.1, 0.15) is 12.1 Å². The van der Waals surface area contributed by atoms with Crippen LogP contribution in [0.15, 0.2) is 30.3 Å².